The maximum atomic E-state index is 12.8. The molecule has 0 saturated heterocycles. The van der Waals surface area contributed by atoms with E-state index in [1.54, 1.807) is 0 Å². The summed E-state index contributed by atoms with van der Waals surface area (Å²) in [6.45, 7) is -0.900. The van der Waals surface area contributed by atoms with Gasteiger partial charge in [0.25, 0.3) is 0 Å². The Hall–Kier alpha value is -2.05. The minimum absolute atomic E-state index is 0. The van der Waals surface area contributed by atoms with Gasteiger partial charge in [-0.15, -0.1) is 12.4 Å². The summed E-state index contributed by atoms with van der Waals surface area (Å²) in [4.78, 5) is 22.6. The second-order valence-electron chi connectivity index (χ2n) is 4.66. The largest absolute Gasteiger partial charge is 0.416 e. The van der Waals surface area contributed by atoms with E-state index in [2.05, 4.69) is 10.6 Å². The van der Waals surface area contributed by atoms with Crippen molar-refractivity contribution in [3.63, 3.8) is 0 Å². The highest BCUT2D eigenvalue weighted by Gasteiger charge is 2.31. The van der Waals surface area contributed by atoms with Crippen molar-refractivity contribution in [2.24, 2.45) is 5.73 Å². The summed E-state index contributed by atoms with van der Waals surface area (Å²) >= 11 is 0. The summed E-state index contributed by atoms with van der Waals surface area (Å²) in [5.74, 6) is -1.49. The number of hydrogen-bond donors (Lipinski definition) is 4. The Kier molecular flexibility index (Phi) is 8.15. The molecular formula is C12H16ClF3N4O4S. The number of nitrogens with two attached hydrogens (primary N) is 1. The smallest absolute Gasteiger partial charge is 0.346 e. The molecule has 1 aromatic carbocycles. The monoisotopic (exact) mass is 404 g/mol. The summed E-state index contributed by atoms with van der Waals surface area (Å²) in [7, 11) is -3.78. The van der Waals surface area contributed by atoms with E-state index >= 15 is 0 Å². The molecule has 0 spiro atoms. The van der Waals surface area contributed by atoms with Gasteiger partial charge in [-0.3, -0.25) is 14.3 Å². The van der Waals surface area contributed by atoms with Crippen molar-refractivity contribution in [2.45, 2.75) is 6.18 Å². The first-order chi connectivity index (χ1) is 10.9. The van der Waals surface area contributed by atoms with E-state index in [0.717, 1.165) is 12.3 Å². The predicted octanol–water partition coefficient (Wildman–Crippen LogP) is 0.512. The Balaban J connectivity index is 0.00000576. The van der Waals surface area contributed by atoms with E-state index in [-0.39, 0.29) is 24.6 Å². The van der Waals surface area contributed by atoms with Gasteiger partial charge in [-0.1, -0.05) is 0 Å². The van der Waals surface area contributed by atoms with Crippen LogP contribution in [0, 0.1) is 0 Å². The predicted molar refractivity (Wildman–Crippen MR) is 87.9 cm³/mol. The van der Waals surface area contributed by atoms with Crippen molar-refractivity contribution in [1.82, 2.24) is 5.32 Å². The number of rotatable bonds is 6. The summed E-state index contributed by atoms with van der Waals surface area (Å²) in [6.07, 6.45) is -3.88. The molecule has 0 radical (unpaired) electrons. The molecule has 1 aromatic rings. The third kappa shape index (κ3) is 8.05. The van der Waals surface area contributed by atoms with Crippen LogP contribution < -0.4 is 21.1 Å². The number of carbonyl (C=O) groups excluding carboxylic acids is 2. The molecule has 0 aliphatic carbocycles. The number of amides is 2. The Morgan fingerprint density at radius 3 is 2.24 bits per heavy atom. The van der Waals surface area contributed by atoms with Gasteiger partial charge in [0.15, 0.2) is 0 Å². The van der Waals surface area contributed by atoms with Crippen molar-refractivity contribution < 1.29 is 31.2 Å². The lowest BCUT2D eigenvalue weighted by molar-refractivity contribution is -0.137. The van der Waals surface area contributed by atoms with E-state index < -0.39 is 45.8 Å². The Bertz CT molecular complexity index is 740. The van der Waals surface area contributed by atoms with E-state index in [0.29, 0.717) is 12.1 Å². The van der Waals surface area contributed by atoms with Gasteiger partial charge < -0.3 is 16.4 Å². The van der Waals surface area contributed by atoms with E-state index in [4.69, 9.17) is 5.73 Å². The van der Waals surface area contributed by atoms with Crippen LogP contribution in [0.25, 0.3) is 0 Å². The molecule has 0 atom stereocenters. The molecule has 13 heteroatoms. The summed E-state index contributed by atoms with van der Waals surface area (Å²) in [5.41, 5.74) is 3.30. The Morgan fingerprint density at radius 1 is 1.16 bits per heavy atom. The highest BCUT2D eigenvalue weighted by atomic mass is 35.5. The van der Waals surface area contributed by atoms with Crippen LogP contribution in [-0.4, -0.2) is 39.6 Å². The molecule has 25 heavy (non-hydrogen) atoms. The lowest BCUT2D eigenvalue weighted by Gasteiger charge is -2.15. The minimum atomic E-state index is -4.68. The standard InChI is InChI=1S/C12H15F3N4O4S.ClH/c1-24(22,23)19-8-3-2-7(12(13,14)15)4-9(8)18-11(21)6-17-10(20)5-16;/h2-4,19H,5-6,16H2,1H3,(H,17,20)(H,18,21);1H. The summed E-state index contributed by atoms with van der Waals surface area (Å²) in [5, 5.41) is 4.23. The Labute approximate surface area is 147 Å². The lowest BCUT2D eigenvalue weighted by atomic mass is 10.1. The summed E-state index contributed by atoms with van der Waals surface area (Å²) in [6, 6.07) is 2.12. The number of anilines is 2. The molecule has 5 N–H and O–H groups in total. The van der Waals surface area contributed by atoms with E-state index in [1.165, 1.54) is 0 Å². The van der Waals surface area contributed by atoms with Crippen LogP contribution in [0.1, 0.15) is 5.56 Å². The van der Waals surface area contributed by atoms with Crippen molar-refractivity contribution in [2.75, 3.05) is 29.4 Å². The number of benzene rings is 1. The fourth-order valence-corrected chi connectivity index (χ4v) is 2.14. The molecule has 0 aromatic heterocycles. The maximum Gasteiger partial charge on any atom is 0.416 e. The third-order valence-electron chi connectivity index (χ3n) is 2.55. The molecule has 1 rings (SSSR count). The van der Waals surface area contributed by atoms with Crippen LogP contribution in [0.2, 0.25) is 0 Å². The van der Waals surface area contributed by atoms with Gasteiger partial charge in [-0.25, -0.2) is 8.42 Å². The zero-order valence-corrected chi connectivity index (χ0v) is 14.4. The first kappa shape index (κ1) is 22.9. The minimum Gasteiger partial charge on any atom is -0.346 e. The van der Waals surface area contributed by atoms with Crippen molar-refractivity contribution in [3.05, 3.63) is 23.8 Å². The van der Waals surface area contributed by atoms with Gasteiger partial charge in [-0.05, 0) is 18.2 Å². The van der Waals surface area contributed by atoms with Gasteiger partial charge in [-0.2, -0.15) is 13.2 Å². The fourth-order valence-electron chi connectivity index (χ4n) is 1.56. The maximum absolute atomic E-state index is 12.8. The normalized spacial score (nSPS) is 11.2. The average molecular weight is 405 g/mol. The molecular weight excluding hydrogens is 389 g/mol. The number of sulfonamides is 1. The van der Waals surface area contributed by atoms with Crippen LogP contribution in [0.15, 0.2) is 18.2 Å². The number of hydrogen-bond acceptors (Lipinski definition) is 5. The quantitative estimate of drug-likeness (QED) is 0.549. The molecule has 8 nitrogen and oxygen atoms in total. The van der Waals surface area contributed by atoms with Crippen LogP contribution in [0.5, 0.6) is 0 Å². The number of alkyl halides is 3. The van der Waals surface area contributed by atoms with Crippen LogP contribution in [0.4, 0.5) is 24.5 Å². The van der Waals surface area contributed by atoms with Gasteiger partial charge in [0, 0.05) is 0 Å². The molecule has 0 bridgehead atoms. The van der Waals surface area contributed by atoms with Gasteiger partial charge in [0.05, 0.1) is 36.3 Å². The van der Waals surface area contributed by atoms with Crippen molar-refractivity contribution in [1.29, 1.82) is 0 Å². The van der Waals surface area contributed by atoms with Crippen LogP contribution in [0.3, 0.4) is 0 Å². The average Bonchev–Trinajstić information content (AvgIpc) is 2.44. The van der Waals surface area contributed by atoms with Gasteiger partial charge >= 0.3 is 6.18 Å². The molecule has 0 aliphatic heterocycles. The SMILES string of the molecule is CS(=O)(=O)Nc1ccc(C(F)(F)F)cc1NC(=O)CNC(=O)CN.Cl. The molecule has 0 fully saturated rings. The number of carbonyl (C=O) groups is 2. The highest BCUT2D eigenvalue weighted by molar-refractivity contribution is 7.92. The van der Waals surface area contributed by atoms with Crippen LogP contribution in [-0.2, 0) is 25.8 Å². The van der Waals surface area contributed by atoms with Gasteiger partial charge in [0.2, 0.25) is 21.8 Å². The summed E-state index contributed by atoms with van der Waals surface area (Å²) < 4.78 is 62.8. The topological polar surface area (TPSA) is 130 Å². The third-order valence-corrected chi connectivity index (χ3v) is 3.14. The number of halogens is 4. The highest BCUT2D eigenvalue weighted by Crippen LogP contribution is 2.34. The second-order valence-corrected chi connectivity index (χ2v) is 6.41. The zero-order chi connectivity index (χ0) is 18.5. The zero-order valence-electron chi connectivity index (χ0n) is 12.8. The van der Waals surface area contributed by atoms with Crippen molar-refractivity contribution >= 4 is 45.6 Å². The van der Waals surface area contributed by atoms with Crippen molar-refractivity contribution in [3.8, 4) is 0 Å². The lowest BCUT2D eigenvalue weighted by Crippen LogP contribution is -2.36. The second kappa shape index (κ2) is 8.87. The molecule has 142 valence electrons. The molecule has 2 amide bonds. The molecule has 0 heterocycles. The molecule has 0 aliphatic rings. The fraction of sp³-hybridized carbons (Fsp3) is 0.333. The first-order valence-corrected chi connectivity index (χ1v) is 8.27. The first-order valence-electron chi connectivity index (χ1n) is 6.38. The van der Waals surface area contributed by atoms with E-state index in [9.17, 15) is 31.2 Å². The number of nitrogens with one attached hydrogen (secondary N) is 3. The van der Waals surface area contributed by atoms with Gasteiger partial charge in [0.1, 0.15) is 0 Å². The molecule has 0 unspecified atom stereocenters. The van der Waals surface area contributed by atoms with Crippen LogP contribution >= 0.6 is 12.4 Å². The van der Waals surface area contributed by atoms with E-state index in [1.807, 2.05) is 4.72 Å². The Morgan fingerprint density at radius 2 is 1.76 bits per heavy atom. The molecule has 0 saturated carbocycles.